The van der Waals surface area contributed by atoms with Crippen LogP contribution in [0.2, 0.25) is 5.02 Å². The summed E-state index contributed by atoms with van der Waals surface area (Å²) in [6.07, 6.45) is -4.71. The molecular weight excluding hydrogens is 409 g/mol. The molecule has 3 heterocycles. The molecule has 0 aliphatic carbocycles. The van der Waals surface area contributed by atoms with Crippen molar-refractivity contribution in [2.24, 2.45) is 0 Å². The van der Waals surface area contributed by atoms with Gasteiger partial charge in [0.1, 0.15) is 5.02 Å². The van der Waals surface area contributed by atoms with Crippen LogP contribution in [0.1, 0.15) is 21.7 Å². The maximum atomic E-state index is 13.7. The van der Waals surface area contributed by atoms with E-state index in [1.807, 2.05) is 6.92 Å². The Morgan fingerprint density at radius 1 is 1.17 bits per heavy atom. The van der Waals surface area contributed by atoms with Gasteiger partial charge >= 0.3 is 6.18 Å². The van der Waals surface area contributed by atoms with E-state index in [0.717, 1.165) is 11.6 Å². The number of hydrogen-bond donors (Lipinski definition) is 0. The Kier molecular flexibility index (Phi) is 4.95. The minimum atomic E-state index is -4.71. The van der Waals surface area contributed by atoms with Crippen molar-refractivity contribution in [3.63, 3.8) is 0 Å². The summed E-state index contributed by atoms with van der Waals surface area (Å²) in [6, 6.07) is 7.82. The van der Waals surface area contributed by atoms with E-state index in [4.69, 9.17) is 16.3 Å². The molecule has 29 heavy (non-hydrogen) atoms. The molecule has 0 radical (unpaired) electrons. The van der Waals surface area contributed by atoms with Crippen LogP contribution >= 0.6 is 11.6 Å². The quantitative estimate of drug-likeness (QED) is 0.627. The fourth-order valence-corrected chi connectivity index (χ4v) is 3.36. The van der Waals surface area contributed by atoms with E-state index < -0.39 is 17.8 Å². The number of rotatable bonds is 2. The van der Waals surface area contributed by atoms with E-state index in [1.54, 1.807) is 24.3 Å². The first-order valence-electron chi connectivity index (χ1n) is 8.86. The molecule has 152 valence electrons. The van der Waals surface area contributed by atoms with Gasteiger partial charge in [-0.25, -0.2) is 9.50 Å². The predicted molar refractivity (Wildman–Crippen MR) is 99.9 cm³/mol. The third-order valence-electron chi connectivity index (χ3n) is 4.67. The second kappa shape index (κ2) is 7.31. The molecule has 4 rings (SSSR count). The van der Waals surface area contributed by atoms with Crippen LogP contribution in [0.3, 0.4) is 0 Å². The maximum absolute atomic E-state index is 13.7. The molecule has 0 saturated carbocycles. The van der Waals surface area contributed by atoms with Gasteiger partial charge < -0.3 is 9.64 Å². The second-order valence-corrected chi connectivity index (χ2v) is 7.07. The SMILES string of the molecule is Cc1ccc(-c2cc(C(F)(F)F)n3nc(C(=O)N4CCOCC4)c(Cl)c3n2)cc1. The average molecular weight is 425 g/mol. The minimum Gasteiger partial charge on any atom is -0.378 e. The molecular formula is C19H16ClF3N4O2. The number of carbonyl (C=O) groups excluding carboxylic acids is 1. The third-order valence-corrected chi connectivity index (χ3v) is 5.02. The van der Waals surface area contributed by atoms with Gasteiger partial charge in [0.15, 0.2) is 17.0 Å². The molecule has 0 atom stereocenters. The first kappa shape index (κ1) is 19.7. The number of halogens is 4. The largest absolute Gasteiger partial charge is 0.433 e. The summed E-state index contributed by atoms with van der Waals surface area (Å²) in [6.45, 7) is 3.20. The third kappa shape index (κ3) is 3.67. The highest BCUT2D eigenvalue weighted by Gasteiger charge is 2.37. The molecule has 1 fully saturated rings. The molecule has 0 spiro atoms. The summed E-state index contributed by atoms with van der Waals surface area (Å²) in [5.74, 6) is -0.547. The van der Waals surface area contributed by atoms with E-state index in [1.165, 1.54) is 4.90 Å². The Hall–Kier alpha value is -2.65. The lowest BCUT2D eigenvalue weighted by molar-refractivity contribution is -0.142. The number of aromatic nitrogens is 3. The van der Waals surface area contributed by atoms with Crippen LogP contribution in [0.4, 0.5) is 13.2 Å². The van der Waals surface area contributed by atoms with Crippen LogP contribution in [-0.4, -0.2) is 51.7 Å². The number of fused-ring (bicyclic) bond motifs is 1. The molecule has 1 amide bonds. The highest BCUT2D eigenvalue weighted by molar-refractivity contribution is 6.36. The van der Waals surface area contributed by atoms with Crippen molar-refractivity contribution in [1.82, 2.24) is 19.5 Å². The van der Waals surface area contributed by atoms with Gasteiger partial charge in [-0.05, 0) is 13.0 Å². The lowest BCUT2D eigenvalue weighted by atomic mass is 10.1. The molecule has 1 aliphatic heterocycles. The van der Waals surface area contributed by atoms with Gasteiger partial charge in [0.25, 0.3) is 5.91 Å². The topological polar surface area (TPSA) is 59.7 Å². The smallest absolute Gasteiger partial charge is 0.378 e. The monoisotopic (exact) mass is 424 g/mol. The van der Waals surface area contributed by atoms with E-state index in [-0.39, 0.29) is 22.1 Å². The summed E-state index contributed by atoms with van der Waals surface area (Å²) in [5.41, 5.74) is 0.0351. The van der Waals surface area contributed by atoms with Crippen LogP contribution in [0.5, 0.6) is 0 Å². The van der Waals surface area contributed by atoms with Crippen LogP contribution in [0.15, 0.2) is 30.3 Å². The number of carbonyl (C=O) groups is 1. The van der Waals surface area contributed by atoms with Gasteiger partial charge in [-0.15, -0.1) is 0 Å². The molecule has 0 unspecified atom stereocenters. The van der Waals surface area contributed by atoms with Crippen molar-refractivity contribution >= 4 is 23.2 Å². The molecule has 2 aromatic heterocycles. The molecule has 1 saturated heterocycles. The van der Waals surface area contributed by atoms with Gasteiger partial charge in [0, 0.05) is 18.7 Å². The highest BCUT2D eigenvalue weighted by Crippen LogP contribution is 2.34. The van der Waals surface area contributed by atoms with Crippen LogP contribution in [0, 0.1) is 6.92 Å². The van der Waals surface area contributed by atoms with Gasteiger partial charge in [0.2, 0.25) is 0 Å². The molecule has 1 aromatic carbocycles. The Balaban J connectivity index is 1.88. The number of aryl methyl sites for hydroxylation is 1. The minimum absolute atomic E-state index is 0.0944. The zero-order valence-corrected chi connectivity index (χ0v) is 16.1. The van der Waals surface area contributed by atoms with Gasteiger partial charge in [-0.1, -0.05) is 41.4 Å². The molecule has 1 aliphatic rings. The number of hydrogen-bond acceptors (Lipinski definition) is 4. The van der Waals surface area contributed by atoms with Crippen molar-refractivity contribution in [3.05, 3.63) is 52.3 Å². The Bertz CT molecular complexity index is 1070. The maximum Gasteiger partial charge on any atom is 0.433 e. The lowest BCUT2D eigenvalue weighted by Crippen LogP contribution is -2.41. The zero-order chi connectivity index (χ0) is 20.8. The Morgan fingerprint density at radius 3 is 2.45 bits per heavy atom. The number of morpholine rings is 1. The standard InChI is InChI=1S/C19H16ClF3N4O2/c1-11-2-4-12(5-3-11)13-10-14(19(21,22)23)27-17(24-13)15(20)16(25-27)18(28)26-6-8-29-9-7-26/h2-5,10H,6-9H2,1H3. The molecule has 6 nitrogen and oxygen atoms in total. The Labute approximate surface area is 168 Å². The normalized spacial score (nSPS) is 15.1. The van der Waals surface area contributed by atoms with Gasteiger partial charge in [-0.3, -0.25) is 4.79 Å². The lowest BCUT2D eigenvalue weighted by Gasteiger charge is -2.26. The average Bonchev–Trinajstić information content (AvgIpc) is 3.04. The Morgan fingerprint density at radius 2 is 1.83 bits per heavy atom. The number of benzene rings is 1. The first-order chi connectivity index (χ1) is 13.8. The first-order valence-corrected chi connectivity index (χ1v) is 9.24. The van der Waals surface area contributed by atoms with E-state index in [2.05, 4.69) is 10.1 Å². The summed E-state index contributed by atoms with van der Waals surface area (Å²) in [5, 5.41) is 3.67. The number of nitrogens with zero attached hydrogens (tertiary/aromatic N) is 4. The summed E-state index contributed by atoms with van der Waals surface area (Å²) >= 11 is 6.29. The predicted octanol–water partition coefficient (Wildman–Crippen LogP) is 3.85. The van der Waals surface area contributed by atoms with Crippen molar-refractivity contribution in [3.8, 4) is 11.3 Å². The van der Waals surface area contributed by atoms with E-state index in [0.29, 0.717) is 36.4 Å². The molecule has 0 N–H and O–H groups in total. The van der Waals surface area contributed by atoms with Crippen LogP contribution in [0.25, 0.3) is 16.9 Å². The van der Waals surface area contributed by atoms with E-state index >= 15 is 0 Å². The van der Waals surface area contributed by atoms with Gasteiger partial charge in [-0.2, -0.15) is 18.3 Å². The fraction of sp³-hybridized carbons (Fsp3) is 0.316. The van der Waals surface area contributed by atoms with Crippen LogP contribution in [-0.2, 0) is 10.9 Å². The van der Waals surface area contributed by atoms with Gasteiger partial charge in [0.05, 0.1) is 18.9 Å². The van der Waals surface area contributed by atoms with Crippen molar-refractivity contribution in [2.45, 2.75) is 13.1 Å². The van der Waals surface area contributed by atoms with Crippen molar-refractivity contribution in [1.29, 1.82) is 0 Å². The second-order valence-electron chi connectivity index (χ2n) is 6.69. The fourth-order valence-electron chi connectivity index (χ4n) is 3.12. The van der Waals surface area contributed by atoms with Crippen molar-refractivity contribution < 1.29 is 22.7 Å². The number of alkyl halides is 3. The van der Waals surface area contributed by atoms with Crippen LogP contribution < -0.4 is 0 Å². The summed E-state index contributed by atoms with van der Waals surface area (Å²) in [7, 11) is 0. The summed E-state index contributed by atoms with van der Waals surface area (Å²) < 4.78 is 47.0. The zero-order valence-electron chi connectivity index (χ0n) is 15.3. The number of ether oxygens (including phenoxy) is 1. The molecule has 3 aromatic rings. The van der Waals surface area contributed by atoms with E-state index in [9.17, 15) is 18.0 Å². The molecule has 0 bridgehead atoms. The highest BCUT2D eigenvalue weighted by atomic mass is 35.5. The molecule has 10 heteroatoms. The van der Waals surface area contributed by atoms with Crippen molar-refractivity contribution in [2.75, 3.05) is 26.3 Å². The number of amides is 1. The summed E-state index contributed by atoms with van der Waals surface area (Å²) in [4.78, 5) is 18.5.